The first kappa shape index (κ1) is 23.2. The molecule has 166 valence electrons. The molecule has 1 atom stereocenters. The number of nitrogens with zero attached hydrogens (tertiary/aromatic N) is 1. The number of alkyl halides is 1. The van der Waals surface area contributed by atoms with Gasteiger partial charge in [-0.05, 0) is 44.7 Å². The van der Waals surface area contributed by atoms with Crippen LogP contribution in [0.5, 0.6) is 11.5 Å². The summed E-state index contributed by atoms with van der Waals surface area (Å²) in [6, 6.07) is 5.78. The van der Waals surface area contributed by atoms with Gasteiger partial charge >= 0.3 is 6.03 Å². The Hall–Kier alpha value is -1.48. The number of benzene rings is 1. The zero-order valence-corrected chi connectivity index (χ0v) is 20.1. The van der Waals surface area contributed by atoms with Crippen molar-refractivity contribution in [1.29, 1.82) is 0 Å². The number of carbonyl (C=O) groups excluding carboxylic acids is 1. The van der Waals surface area contributed by atoms with Crippen molar-refractivity contribution in [2.24, 2.45) is 5.92 Å². The summed E-state index contributed by atoms with van der Waals surface area (Å²) in [6.45, 7) is 5.16. The molecule has 1 aliphatic carbocycles. The Morgan fingerprint density at radius 3 is 2.80 bits per heavy atom. The second-order valence-corrected chi connectivity index (χ2v) is 9.65. The van der Waals surface area contributed by atoms with E-state index >= 15 is 0 Å². The molecule has 0 aromatic heterocycles. The van der Waals surface area contributed by atoms with Gasteiger partial charge in [0.15, 0.2) is 0 Å². The van der Waals surface area contributed by atoms with Crippen LogP contribution >= 0.6 is 22.6 Å². The molecule has 1 heterocycles. The maximum absolute atomic E-state index is 12.5. The maximum atomic E-state index is 12.5. The van der Waals surface area contributed by atoms with Crippen molar-refractivity contribution >= 4 is 28.6 Å². The number of urea groups is 1. The molecular weight excluding hydrogens is 495 g/mol. The van der Waals surface area contributed by atoms with Crippen molar-refractivity contribution in [3.8, 4) is 11.5 Å². The average Bonchev–Trinajstić information content (AvgIpc) is 2.73. The molecule has 1 aromatic carbocycles. The lowest BCUT2D eigenvalue weighted by Gasteiger charge is -2.30. The van der Waals surface area contributed by atoms with Gasteiger partial charge in [-0.15, -0.1) is 0 Å². The Bertz CT molecular complexity index is 747. The molecule has 1 aliphatic heterocycles. The predicted octanol–water partition coefficient (Wildman–Crippen LogP) is 4.81. The number of rotatable bonds is 8. The van der Waals surface area contributed by atoms with Crippen LogP contribution in [0.15, 0.2) is 30.0 Å². The molecule has 0 spiro atoms. The highest BCUT2D eigenvalue weighted by atomic mass is 127. The molecular formula is C23H33IN2O4. The number of aliphatic hydroxyl groups excluding tert-OH is 1. The molecule has 2 amide bonds. The molecule has 1 saturated carbocycles. The lowest BCUT2D eigenvalue weighted by molar-refractivity contribution is 0.179. The lowest BCUT2D eigenvalue weighted by Crippen LogP contribution is -2.45. The Morgan fingerprint density at radius 1 is 1.33 bits per heavy atom. The third-order valence-corrected chi connectivity index (χ3v) is 7.01. The quantitative estimate of drug-likeness (QED) is 0.376. The van der Waals surface area contributed by atoms with E-state index in [1.165, 1.54) is 32.1 Å². The van der Waals surface area contributed by atoms with Gasteiger partial charge in [-0.3, -0.25) is 0 Å². The van der Waals surface area contributed by atoms with Gasteiger partial charge in [0.2, 0.25) is 0 Å². The van der Waals surface area contributed by atoms with E-state index in [0.29, 0.717) is 12.5 Å². The molecule has 6 nitrogen and oxygen atoms in total. The molecule has 30 heavy (non-hydrogen) atoms. The molecule has 0 bridgehead atoms. The standard InChI is InChI=1S/C23H33IN2O4/c1-16(2)25-23(28)26(11-12-27)13-18-15-30-20-10-6-9-19(21(20)22(18)24)29-14-17-7-4-3-5-8-17/h6,9-10,15-17,22,27H,3-5,7-8,11-14H2,1-2H3,(H,25,28). The number of aliphatic hydroxyl groups is 1. The van der Waals surface area contributed by atoms with E-state index in [1.807, 2.05) is 32.0 Å². The Labute approximate surface area is 193 Å². The van der Waals surface area contributed by atoms with E-state index in [2.05, 4.69) is 27.9 Å². The van der Waals surface area contributed by atoms with Gasteiger partial charge in [0, 0.05) is 24.7 Å². The molecule has 0 radical (unpaired) electrons. The van der Waals surface area contributed by atoms with Gasteiger partial charge in [-0.25, -0.2) is 4.79 Å². The van der Waals surface area contributed by atoms with Crippen molar-refractivity contribution in [3.05, 3.63) is 35.6 Å². The summed E-state index contributed by atoms with van der Waals surface area (Å²) >= 11 is 2.39. The first-order valence-corrected chi connectivity index (χ1v) is 12.2. The Morgan fingerprint density at radius 2 is 2.10 bits per heavy atom. The number of carbonyl (C=O) groups is 1. The Kier molecular flexibility index (Phi) is 8.68. The zero-order chi connectivity index (χ0) is 21.5. The van der Waals surface area contributed by atoms with Gasteiger partial charge < -0.3 is 24.8 Å². The van der Waals surface area contributed by atoms with Crippen LogP contribution in [0.25, 0.3) is 0 Å². The molecule has 3 rings (SSSR count). The first-order valence-electron chi connectivity index (χ1n) is 10.9. The number of fused-ring (bicyclic) bond motifs is 1. The highest BCUT2D eigenvalue weighted by Gasteiger charge is 2.29. The van der Waals surface area contributed by atoms with E-state index in [9.17, 15) is 9.90 Å². The van der Waals surface area contributed by atoms with Crippen LogP contribution in [0.3, 0.4) is 0 Å². The highest BCUT2D eigenvalue weighted by Crippen LogP contribution is 2.46. The summed E-state index contributed by atoms with van der Waals surface area (Å²) < 4.78 is 12.2. The number of hydrogen-bond donors (Lipinski definition) is 2. The van der Waals surface area contributed by atoms with E-state index < -0.39 is 0 Å². The van der Waals surface area contributed by atoms with Gasteiger partial charge in [-0.2, -0.15) is 0 Å². The van der Waals surface area contributed by atoms with Gasteiger partial charge in [-0.1, -0.05) is 47.9 Å². The van der Waals surface area contributed by atoms with Crippen molar-refractivity contribution in [2.45, 2.75) is 55.9 Å². The van der Waals surface area contributed by atoms with Crippen molar-refractivity contribution < 1.29 is 19.4 Å². The van der Waals surface area contributed by atoms with Gasteiger partial charge in [0.1, 0.15) is 11.5 Å². The second-order valence-electron chi connectivity index (χ2n) is 8.41. The van der Waals surface area contributed by atoms with Crippen LogP contribution in [-0.2, 0) is 0 Å². The fraction of sp³-hybridized carbons (Fsp3) is 0.609. The summed E-state index contributed by atoms with van der Waals surface area (Å²) in [5.41, 5.74) is 2.00. The highest BCUT2D eigenvalue weighted by molar-refractivity contribution is 14.1. The van der Waals surface area contributed by atoms with Crippen LogP contribution in [-0.4, -0.2) is 48.4 Å². The number of nitrogens with one attached hydrogen (secondary N) is 1. The first-order chi connectivity index (χ1) is 14.5. The molecule has 1 aromatic rings. The monoisotopic (exact) mass is 528 g/mol. The molecule has 2 N–H and O–H groups in total. The van der Waals surface area contributed by atoms with E-state index in [-0.39, 0.29) is 29.1 Å². The summed E-state index contributed by atoms with van der Waals surface area (Å²) in [7, 11) is 0. The molecule has 0 saturated heterocycles. The van der Waals surface area contributed by atoms with E-state index in [4.69, 9.17) is 9.47 Å². The maximum Gasteiger partial charge on any atom is 0.317 e. The van der Waals surface area contributed by atoms with Crippen LogP contribution in [0.1, 0.15) is 55.4 Å². The fourth-order valence-corrected chi connectivity index (χ4v) is 4.95. The third-order valence-electron chi connectivity index (χ3n) is 5.58. The van der Waals surface area contributed by atoms with Crippen molar-refractivity contribution in [1.82, 2.24) is 10.2 Å². The Balaban J connectivity index is 1.71. The van der Waals surface area contributed by atoms with Crippen LogP contribution in [0.4, 0.5) is 4.79 Å². The SMILES string of the molecule is CC(C)NC(=O)N(CCO)CC1=COc2cccc(OCC3CCCCC3)c2C1I. The van der Waals surface area contributed by atoms with E-state index in [0.717, 1.165) is 29.2 Å². The minimum absolute atomic E-state index is 0.0296. The van der Waals surface area contributed by atoms with Crippen molar-refractivity contribution in [2.75, 3.05) is 26.3 Å². The van der Waals surface area contributed by atoms with Crippen molar-refractivity contribution in [3.63, 3.8) is 0 Å². The van der Waals surface area contributed by atoms with Gasteiger partial charge in [0.25, 0.3) is 0 Å². The largest absolute Gasteiger partial charge is 0.493 e. The van der Waals surface area contributed by atoms with Crippen LogP contribution in [0.2, 0.25) is 0 Å². The number of amides is 2. The topological polar surface area (TPSA) is 71.0 Å². The fourth-order valence-electron chi connectivity index (χ4n) is 4.00. The van der Waals surface area contributed by atoms with Gasteiger partial charge in [0.05, 0.1) is 29.0 Å². The summed E-state index contributed by atoms with van der Waals surface area (Å²) in [5.74, 6) is 2.30. The minimum Gasteiger partial charge on any atom is -0.493 e. The predicted molar refractivity (Wildman–Crippen MR) is 126 cm³/mol. The minimum atomic E-state index is -0.184. The zero-order valence-electron chi connectivity index (χ0n) is 17.9. The number of halogens is 1. The smallest absolute Gasteiger partial charge is 0.317 e. The van der Waals surface area contributed by atoms with Crippen LogP contribution in [0, 0.1) is 5.92 Å². The summed E-state index contributed by atoms with van der Waals surface area (Å²) in [4.78, 5) is 14.1. The second kappa shape index (κ2) is 11.2. The molecule has 1 unspecified atom stereocenters. The average molecular weight is 528 g/mol. The third kappa shape index (κ3) is 6.03. The molecule has 7 heteroatoms. The number of hydrogen-bond acceptors (Lipinski definition) is 4. The summed E-state index contributed by atoms with van der Waals surface area (Å²) in [5, 5.41) is 12.3. The van der Waals surface area contributed by atoms with E-state index in [1.54, 1.807) is 11.2 Å². The molecule has 1 fully saturated rings. The lowest BCUT2D eigenvalue weighted by atomic mass is 9.90. The summed E-state index contributed by atoms with van der Waals surface area (Å²) in [6.07, 6.45) is 8.15. The normalized spacial score (nSPS) is 19.0. The van der Waals surface area contributed by atoms with Crippen LogP contribution < -0.4 is 14.8 Å². The number of ether oxygens (including phenoxy) is 2. The molecule has 2 aliphatic rings.